The lowest BCUT2D eigenvalue weighted by Gasteiger charge is -2.07. The highest BCUT2D eigenvalue weighted by atomic mass is 79.9. The van der Waals surface area contributed by atoms with Crippen LogP contribution in [0.5, 0.6) is 0 Å². The zero-order valence-electron chi connectivity index (χ0n) is 9.22. The second-order valence-electron chi connectivity index (χ2n) is 3.48. The Hall–Kier alpha value is -1.38. The van der Waals surface area contributed by atoms with Crippen LogP contribution in [0.4, 0.5) is 5.82 Å². The molecule has 19 heavy (non-hydrogen) atoms. The van der Waals surface area contributed by atoms with Crippen molar-refractivity contribution in [2.24, 2.45) is 0 Å². The molecule has 0 unspecified atom stereocenters. The van der Waals surface area contributed by atoms with Crippen LogP contribution in [0.3, 0.4) is 0 Å². The maximum absolute atomic E-state index is 12.0. The fourth-order valence-electron chi connectivity index (χ4n) is 1.23. The van der Waals surface area contributed by atoms with Crippen molar-refractivity contribution < 1.29 is 8.42 Å². The number of sulfonamides is 1. The Kier molecular flexibility index (Phi) is 3.93. The largest absolute Gasteiger partial charge is 0.326 e. The van der Waals surface area contributed by atoms with Crippen LogP contribution in [0.1, 0.15) is 0 Å². The summed E-state index contributed by atoms with van der Waals surface area (Å²) in [6.07, 6.45) is 2.52. The molecule has 0 radical (unpaired) electrons. The van der Waals surface area contributed by atoms with E-state index in [1.165, 1.54) is 12.3 Å². The summed E-state index contributed by atoms with van der Waals surface area (Å²) in [5, 5.41) is -0.202. The lowest BCUT2D eigenvalue weighted by molar-refractivity contribution is 0.600. The van der Waals surface area contributed by atoms with Gasteiger partial charge in [0.05, 0.1) is 0 Å². The first-order valence-corrected chi connectivity index (χ1v) is 7.56. The number of halogens is 2. The molecule has 9 heteroatoms. The predicted molar refractivity (Wildman–Crippen MR) is 74.8 cm³/mol. The van der Waals surface area contributed by atoms with E-state index in [0.29, 0.717) is 0 Å². The number of hydrogen-bond donors (Lipinski definition) is 2. The molecule has 0 bridgehead atoms. The maximum Gasteiger partial charge on any atom is 0.266 e. The first kappa shape index (κ1) is 14.0. The number of nitrogens with one attached hydrogen (secondary N) is 2. The molecule has 0 fully saturated rings. The van der Waals surface area contributed by atoms with Crippen LogP contribution in [0, 0.1) is 0 Å². The zero-order valence-corrected chi connectivity index (χ0v) is 12.4. The summed E-state index contributed by atoms with van der Waals surface area (Å²) in [6.45, 7) is 0. The van der Waals surface area contributed by atoms with E-state index in [-0.39, 0.29) is 15.7 Å². The highest BCUT2D eigenvalue weighted by Crippen LogP contribution is 2.16. The lowest BCUT2D eigenvalue weighted by Crippen LogP contribution is -2.16. The number of H-pyrrole nitrogens is 1. The summed E-state index contributed by atoms with van der Waals surface area (Å²) in [5.41, 5.74) is -0.553. The molecule has 0 aliphatic rings. The van der Waals surface area contributed by atoms with Crippen molar-refractivity contribution in [1.82, 2.24) is 9.97 Å². The summed E-state index contributed by atoms with van der Waals surface area (Å²) in [5.74, 6) is 0.158. The number of rotatable bonds is 3. The van der Waals surface area contributed by atoms with Crippen LogP contribution in [-0.4, -0.2) is 18.4 Å². The standard InChI is InChI=1S/C10H7BrClN3O3S/c11-6-1-2-9(13-4-6)15-19(17,18)7-3-8(12)10(16)14-5-7/h1-5H,(H,13,15)(H,14,16). The highest BCUT2D eigenvalue weighted by molar-refractivity contribution is 9.10. The Morgan fingerprint density at radius 3 is 2.68 bits per heavy atom. The molecule has 2 heterocycles. The number of nitrogens with zero attached hydrogens (tertiary/aromatic N) is 1. The molecule has 0 aromatic carbocycles. The quantitative estimate of drug-likeness (QED) is 0.871. The molecule has 0 aliphatic carbocycles. The average Bonchev–Trinajstić information content (AvgIpc) is 2.35. The second-order valence-corrected chi connectivity index (χ2v) is 6.48. The Morgan fingerprint density at radius 1 is 1.37 bits per heavy atom. The number of aromatic amines is 1. The van der Waals surface area contributed by atoms with Gasteiger partial charge in [-0.3, -0.25) is 9.52 Å². The Morgan fingerprint density at radius 2 is 2.11 bits per heavy atom. The van der Waals surface area contributed by atoms with Crippen LogP contribution in [-0.2, 0) is 10.0 Å². The lowest BCUT2D eigenvalue weighted by atomic mass is 10.5. The van der Waals surface area contributed by atoms with Gasteiger partial charge >= 0.3 is 0 Å². The number of aromatic nitrogens is 2. The van der Waals surface area contributed by atoms with Crippen molar-refractivity contribution in [2.45, 2.75) is 4.90 Å². The molecule has 0 saturated heterocycles. The van der Waals surface area contributed by atoms with Crippen LogP contribution < -0.4 is 10.3 Å². The van der Waals surface area contributed by atoms with Gasteiger partial charge in [-0.05, 0) is 34.1 Å². The molecule has 6 nitrogen and oxygen atoms in total. The number of pyridine rings is 2. The molecular formula is C10H7BrClN3O3S. The van der Waals surface area contributed by atoms with E-state index in [1.807, 2.05) is 0 Å². The fourth-order valence-corrected chi connectivity index (χ4v) is 2.70. The van der Waals surface area contributed by atoms with E-state index < -0.39 is 15.6 Å². The highest BCUT2D eigenvalue weighted by Gasteiger charge is 2.16. The molecule has 2 N–H and O–H groups in total. The molecule has 0 aliphatic heterocycles. The van der Waals surface area contributed by atoms with Gasteiger partial charge in [0, 0.05) is 16.9 Å². The van der Waals surface area contributed by atoms with E-state index in [4.69, 9.17) is 11.6 Å². The van der Waals surface area contributed by atoms with Gasteiger partial charge in [-0.1, -0.05) is 11.6 Å². The molecule has 0 atom stereocenters. The van der Waals surface area contributed by atoms with Crippen LogP contribution >= 0.6 is 27.5 Å². The van der Waals surface area contributed by atoms with Crippen molar-refractivity contribution >= 4 is 43.4 Å². The van der Waals surface area contributed by atoms with E-state index in [0.717, 1.165) is 16.7 Å². The SMILES string of the molecule is O=c1[nH]cc(S(=O)(=O)Nc2ccc(Br)cn2)cc1Cl. The zero-order chi connectivity index (χ0) is 14.0. The Labute approximate surface area is 122 Å². The molecule has 2 aromatic rings. The van der Waals surface area contributed by atoms with Gasteiger partial charge in [-0.2, -0.15) is 0 Å². The molecule has 2 rings (SSSR count). The first-order chi connectivity index (χ1) is 8.88. The smallest absolute Gasteiger partial charge is 0.266 e. The predicted octanol–water partition coefficient (Wildman–Crippen LogP) is 1.99. The second kappa shape index (κ2) is 5.32. The van der Waals surface area contributed by atoms with Gasteiger partial charge in [0.2, 0.25) is 0 Å². The van der Waals surface area contributed by atoms with E-state index in [2.05, 4.69) is 30.6 Å². The normalized spacial score (nSPS) is 11.3. The fraction of sp³-hybridized carbons (Fsp3) is 0. The maximum atomic E-state index is 12.0. The van der Waals surface area contributed by atoms with Gasteiger partial charge in [0.15, 0.2) is 0 Å². The van der Waals surface area contributed by atoms with Crippen LogP contribution in [0.2, 0.25) is 5.02 Å². The molecule has 0 spiro atoms. The average molecular weight is 365 g/mol. The third-order valence-electron chi connectivity index (χ3n) is 2.11. The van der Waals surface area contributed by atoms with Gasteiger partial charge < -0.3 is 4.98 Å². The topological polar surface area (TPSA) is 91.9 Å². The Balaban J connectivity index is 2.34. The molecule has 0 saturated carbocycles. The van der Waals surface area contributed by atoms with Crippen molar-refractivity contribution in [3.63, 3.8) is 0 Å². The molecular weight excluding hydrogens is 358 g/mol. The summed E-state index contributed by atoms with van der Waals surface area (Å²) in [4.78, 5) is 17.0. The minimum atomic E-state index is -3.85. The molecule has 0 amide bonds. The molecule has 2 aromatic heterocycles. The van der Waals surface area contributed by atoms with Gasteiger partial charge in [0.25, 0.3) is 15.6 Å². The van der Waals surface area contributed by atoms with Crippen molar-refractivity contribution in [3.05, 3.63) is 50.4 Å². The van der Waals surface area contributed by atoms with E-state index in [1.54, 1.807) is 6.07 Å². The minimum Gasteiger partial charge on any atom is -0.326 e. The number of anilines is 1. The number of hydrogen-bond acceptors (Lipinski definition) is 4. The summed E-state index contributed by atoms with van der Waals surface area (Å²) in [7, 11) is -3.85. The monoisotopic (exact) mass is 363 g/mol. The summed E-state index contributed by atoms with van der Waals surface area (Å²) >= 11 is 8.78. The summed E-state index contributed by atoms with van der Waals surface area (Å²) in [6, 6.07) is 4.21. The minimum absolute atomic E-state index is 0.151. The molecule has 100 valence electrons. The van der Waals surface area contributed by atoms with Gasteiger partial charge in [-0.25, -0.2) is 13.4 Å². The van der Waals surface area contributed by atoms with Crippen LogP contribution in [0.25, 0.3) is 0 Å². The van der Waals surface area contributed by atoms with E-state index in [9.17, 15) is 13.2 Å². The van der Waals surface area contributed by atoms with Gasteiger partial charge in [0.1, 0.15) is 15.7 Å². The Bertz CT molecular complexity index is 758. The summed E-state index contributed by atoms with van der Waals surface area (Å²) < 4.78 is 27.0. The van der Waals surface area contributed by atoms with Crippen molar-refractivity contribution in [2.75, 3.05) is 4.72 Å². The van der Waals surface area contributed by atoms with E-state index >= 15 is 0 Å². The first-order valence-electron chi connectivity index (χ1n) is 4.91. The third kappa shape index (κ3) is 3.34. The van der Waals surface area contributed by atoms with Crippen LogP contribution in [0.15, 0.2) is 44.8 Å². The third-order valence-corrected chi connectivity index (χ3v) is 4.19. The van der Waals surface area contributed by atoms with Crippen molar-refractivity contribution in [1.29, 1.82) is 0 Å². The van der Waals surface area contributed by atoms with Gasteiger partial charge in [-0.15, -0.1) is 0 Å². The van der Waals surface area contributed by atoms with Crippen molar-refractivity contribution in [3.8, 4) is 0 Å².